The molecule has 12 nitrogen and oxygen atoms in total. The summed E-state index contributed by atoms with van der Waals surface area (Å²) in [5.41, 5.74) is 1.43. The van der Waals surface area contributed by atoms with Gasteiger partial charge >= 0.3 is 12.0 Å². The van der Waals surface area contributed by atoms with Crippen molar-refractivity contribution in [3.05, 3.63) is 90.0 Å². The van der Waals surface area contributed by atoms with Gasteiger partial charge in [0.2, 0.25) is 11.8 Å². The Balaban J connectivity index is 0.00000562. The highest BCUT2D eigenvalue weighted by atomic mass is 35.5. The van der Waals surface area contributed by atoms with E-state index < -0.39 is 29.4 Å². The lowest BCUT2D eigenvalue weighted by Gasteiger charge is -2.31. The Hall–Kier alpha value is -4.94. The number of para-hydroxylation sites is 2. The fraction of sp³-hybridized carbons (Fsp3) is 0.378. The number of rotatable bonds is 8. The molecule has 1 fully saturated rings. The molecule has 5 amide bonds. The average molecular weight is 705 g/mol. The molecule has 0 radical (unpaired) electrons. The Morgan fingerprint density at radius 2 is 1.52 bits per heavy atom. The molecule has 1 saturated heterocycles. The zero-order chi connectivity index (χ0) is 35.1. The number of esters is 1. The van der Waals surface area contributed by atoms with Crippen LogP contribution in [0.4, 0.5) is 21.9 Å². The fourth-order valence-corrected chi connectivity index (χ4v) is 5.88. The minimum Gasteiger partial charge on any atom is -0.457 e. The summed E-state index contributed by atoms with van der Waals surface area (Å²) in [6, 6.07) is 20.6. The van der Waals surface area contributed by atoms with E-state index in [0.717, 1.165) is 31.5 Å². The van der Waals surface area contributed by atoms with E-state index in [2.05, 4.69) is 20.9 Å². The Kier molecular flexibility index (Phi) is 12.6. The molecule has 3 aromatic carbocycles. The number of hydrogen-bond donors (Lipinski definition) is 3. The molecule has 3 aromatic rings. The third-order valence-electron chi connectivity index (χ3n) is 8.54. The SMILES string of the molecule is CN1CCC(NC(=O)CN2C(=O)C(NC(=O)Nc3cccc(C(=O)OCc4ccccc4)c3)CN(C(=O)C(C)(C)C)c3ccccc32)CC1.Cl. The average Bonchev–Trinajstić information content (AvgIpc) is 3.18. The van der Waals surface area contributed by atoms with Crippen molar-refractivity contribution >= 4 is 59.2 Å². The number of carbonyl (C=O) groups is 5. The summed E-state index contributed by atoms with van der Waals surface area (Å²) in [6.07, 6.45) is 1.61. The molecule has 0 aliphatic carbocycles. The minimum atomic E-state index is -1.20. The second-order valence-electron chi connectivity index (χ2n) is 13.5. The highest BCUT2D eigenvalue weighted by Gasteiger charge is 2.40. The first-order valence-electron chi connectivity index (χ1n) is 16.5. The minimum absolute atomic E-state index is 0. The van der Waals surface area contributed by atoms with E-state index in [1.807, 2.05) is 37.4 Å². The highest BCUT2D eigenvalue weighted by Crippen LogP contribution is 2.35. The summed E-state index contributed by atoms with van der Waals surface area (Å²) in [6.45, 7) is 6.73. The molecule has 0 bridgehead atoms. The molecule has 50 heavy (non-hydrogen) atoms. The fourth-order valence-electron chi connectivity index (χ4n) is 5.88. The highest BCUT2D eigenvalue weighted by molar-refractivity contribution is 6.11. The van der Waals surface area contributed by atoms with Gasteiger partial charge < -0.3 is 30.5 Å². The maximum atomic E-state index is 14.2. The number of piperidine rings is 1. The maximum Gasteiger partial charge on any atom is 0.338 e. The lowest BCUT2D eigenvalue weighted by molar-refractivity contribution is -0.126. The number of carbonyl (C=O) groups excluding carboxylic acids is 5. The Labute approximate surface area is 298 Å². The first-order valence-corrected chi connectivity index (χ1v) is 16.5. The van der Waals surface area contributed by atoms with Gasteiger partial charge in [0.1, 0.15) is 19.2 Å². The van der Waals surface area contributed by atoms with Crippen LogP contribution < -0.4 is 25.8 Å². The maximum absolute atomic E-state index is 14.2. The predicted octanol–water partition coefficient (Wildman–Crippen LogP) is 4.59. The van der Waals surface area contributed by atoms with Gasteiger partial charge in [-0.2, -0.15) is 0 Å². The molecule has 2 aliphatic heterocycles. The van der Waals surface area contributed by atoms with Crippen molar-refractivity contribution in [3.63, 3.8) is 0 Å². The van der Waals surface area contributed by atoms with Crippen molar-refractivity contribution in [1.82, 2.24) is 15.5 Å². The van der Waals surface area contributed by atoms with Gasteiger partial charge in [0.15, 0.2) is 0 Å². The molecular formula is C37H45ClN6O6. The zero-order valence-corrected chi connectivity index (χ0v) is 29.6. The normalized spacial score (nSPS) is 16.7. The quantitative estimate of drug-likeness (QED) is 0.292. The van der Waals surface area contributed by atoms with Gasteiger partial charge in [-0.1, -0.05) is 69.3 Å². The smallest absolute Gasteiger partial charge is 0.338 e. The van der Waals surface area contributed by atoms with E-state index in [1.165, 1.54) is 15.9 Å². The monoisotopic (exact) mass is 704 g/mol. The van der Waals surface area contributed by atoms with Crippen molar-refractivity contribution in [3.8, 4) is 0 Å². The van der Waals surface area contributed by atoms with Crippen LogP contribution >= 0.6 is 12.4 Å². The molecule has 0 aromatic heterocycles. The van der Waals surface area contributed by atoms with Crippen molar-refractivity contribution in [2.75, 3.05) is 48.3 Å². The van der Waals surface area contributed by atoms with Crippen LogP contribution in [0.25, 0.3) is 0 Å². The third-order valence-corrected chi connectivity index (χ3v) is 8.54. The van der Waals surface area contributed by atoms with Crippen molar-refractivity contribution in [1.29, 1.82) is 0 Å². The first-order chi connectivity index (χ1) is 23.4. The number of benzene rings is 3. The van der Waals surface area contributed by atoms with Gasteiger partial charge in [-0.05, 0) is 68.9 Å². The third kappa shape index (κ3) is 9.60. The summed E-state index contributed by atoms with van der Waals surface area (Å²) >= 11 is 0. The van der Waals surface area contributed by atoms with Crippen LogP contribution in [0, 0.1) is 5.41 Å². The van der Waals surface area contributed by atoms with E-state index in [1.54, 1.807) is 63.2 Å². The number of nitrogens with zero attached hydrogens (tertiary/aromatic N) is 3. The molecule has 3 N–H and O–H groups in total. The molecule has 1 unspecified atom stereocenters. The number of hydrogen-bond acceptors (Lipinski definition) is 7. The molecule has 266 valence electrons. The van der Waals surface area contributed by atoms with Crippen LogP contribution in [-0.2, 0) is 25.7 Å². The van der Waals surface area contributed by atoms with Crippen LogP contribution in [0.1, 0.15) is 49.5 Å². The summed E-state index contributed by atoms with van der Waals surface area (Å²) in [4.78, 5) is 72.5. The first kappa shape index (κ1) is 37.9. The second-order valence-corrected chi connectivity index (χ2v) is 13.5. The van der Waals surface area contributed by atoms with E-state index in [0.29, 0.717) is 17.1 Å². The molecule has 1 atom stereocenters. The molecule has 0 spiro atoms. The van der Waals surface area contributed by atoms with Crippen LogP contribution in [0.5, 0.6) is 0 Å². The molecule has 5 rings (SSSR count). The summed E-state index contributed by atoms with van der Waals surface area (Å²) < 4.78 is 5.42. The molecule has 2 aliphatic rings. The van der Waals surface area contributed by atoms with Crippen LogP contribution in [-0.4, -0.2) is 79.9 Å². The van der Waals surface area contributed by atoms with Crippen molar-refractivity contribution in [2.45, 2.75) is 52.3 Å². The molecule has 13 heteroatoms. The van der Waals surface area contributed by atoms with Gasteiger partial charge in [-0.15, -0.1) is 12.4 Å². The number of amides is 5. The van der Waals surface area contributed by atoms with Crippen LogP contribution in [0.2, 0.25) is 0 Å². The number of anilines is 3. The van der Waals surface area contributed by atoms with Gasteiger partial charge in [-0.3, -0.25) is 19.3 Å². The van der Waals surface area contributed by atoms with E-state index in [9.17, 15) is 24.0 Å². The summed E-state index contributed by atoms with van der Waals surface area (Å²) in [7, 11) is 2.04. The van der Waals surface area contributed by atoms with Gasteiger partial charge in [0.25, 0.3) is 5.91 Å². The topological polar surface area (TPSA) is 140 Å². The Morgan fingerprint density at radius 3 is 2.20 bits per heavy atom. The summed E-state index contributed by atoms with van der Waals surface area (Å²) in [5.74, 6) is -1.68. The molecule has 0 saturated carbocycles. The van der Waals surface area contributed by atoms with E-state index >= 15 is 0 Å². The largest absolute Gasteiger partial charge is 0.457 e. The van der Waals surface area contributed by atoms with E-state index in [4.69, 9.17) is 4.74 Å². The summed E-state index contributed by atoms with van der Waals surface area (Å²) in [5, 5.41) is 8.48. The van der Waals surface area contributed by atoms with E-state index in [-0.39, 0.29) is 55.5 Å². The van der Waals surface area contributed by atoms with Crippen LogP contribution in [0.15, 0.2) is 78.9 Å². The second kappa shape index (κ2) is 16.6. The number of halogens is 1. The number of nitrogens with one attached hydrogen (secondary N) is 3. The van der Waals surface area contributed by atoms with Gasteiger partial charge in [0, 0.05) is 17.1 Å². The zero-order valence-electron chi connectivity index (χ0n) is 28.8. The van der Waals surface area contributed by atoms with Crippen LogP contribution in [0.3, 0.4) is 0 Å². The van der Waals surface area contributed by atoms with Gasteiger partial charge in [0.05, 0.1) is 23.5 Å². The Morgan fingerprint density at radius 1 is 0.860 bits per heavy atom. The molecular weight excluding hydrogens is 660 g/mol. The number of ether oxygens (including phenoxy) is 1. The predicted molar refractivity (Wildman–Crippen MR) is 194 cm³/mol. The standard InChI is InChI=1S/C37H44N6O6.ClH/c1-37(2,3)35(47)43-22-29(40-36(48)39-28-14-10-13-26(21-28)34(46)49-24-25-11-6-5-7-12-25)33(45)42(30-15-8-9-16-31(30)43)23-32(44)38-27-17-19-41(4)20-18-27;/h5-16,21,27,29H,17-20,22-24H2,1-4H3,(H,38,44)(H2,39,40,48);1H. The number of urea groups is 1. The molecule has 2 heterocycles. The van der Waals surface area contributed by atoms with Crippen molar-refractivity contribution < 1.29 is 28.7 Å². The lowest BCUT2D eigenvalue weighted by atomic mass is 9.94. The van der Waals surface area contributed by atoms with Crippen molar-refractivity contribution in [2.24, 2.45) is 5.41 Å². The number of fused-ring (bicyclic) bond motifs is 1. The lowest BCUT2D eigenvalue weighted by Crippen LogP contribution is -2.56. The Bertz CT molecular complexity index is 1690. The number of likely N-dealkylation sites (tertiary alicyclic amines) is 1. The van der Waals surface area contributed by atoms with Gasteiger partial charge in [-0.25, -0.2) is 9.59 Å².